The van der Waals surface area contributed by atoms with Crippen molar-refractivity contribution in [3.05, 3.63) is 0 Å². The Morgan fingerprint density at radius 2 is 1.25 bits per heavy atom. The van der Waals surface area contributed by atoms with Gasteiger partial charge in [-0.25, -0.2) is 0 Å². The molecule has 66 valence electrons. The van der Waals surface area contributed by atoms with Crippen molar-refractivity contribution in [1.82, 2.24) is 0 Å². The summed E-state index contributed by atoms with van der Waals surface area (Å²) in [6.45, 7) is -4.55. The first-order valence-electron chi connectivity index (χ1n) is 4.30. The maximum Gasteiger partial charge on any atom is 1.00 e. The first-order valence-corrected chi connectivity index (χ1v) is 4.30. The van der Waals surface area contributed by atoms with Gasteiger partial charge in [0.05, 0.1) is 0 Å². The number of hydrogen-bond acceptors (Lipinski definition) is 0. The van der Waals surface area contributed by atoms with Crippen LogP contribution in [0, 0.1) is 0 Å². The first kappa shape index (κ1) is 13.5. The van der Waals surface area contributed by atoms with E-state index in [1.807, 2.05) is 0 Å². The standard InChI is InChI=1S/C7H13BF3.K/c9-8(10,11)7-5-3-1-2-4-6-7;/h7H,1-6H2;/q-1;+1. The average Bonchev–Trinajstić information content (AvgIpc) is 2.10. The van der Waals surface area contributed by atoms with E-state index in [2.05, 4.69) is 0 Å². The molecular formula is C7H13BF3K. The van der Waals surface area contributed by atoms with Crippen LogP contribution in [0.15, 0.2) is 0 Å². The molecule has 1 rings (SSSR count). The average molecular weight is 204 g/mol. The molecule has 0 amide bonds. The summed E-state index contributed by atoms with van der Waals surface area (Å²) in [6, 6.07) is 0. The largest absolute Gasteiger partial charge is 1.00 e. The number of halogens is 3. The molecule has 0 aromatic carbocycles. The fourth-order valence-electron chi connectivity index (χ4n) is 1.69. The molecule has 1 aliphatic rings. The predicted octanol–water partition coefficient (Wildman–Crippen LogP) is 0.562. The van der Waals surface area contributed by atoms with Gasteiger partial charge in [0.1, 0.15) is 0 Å². The van der Waals surface area contributed by atoms with E-state index >= 15 is 0 Å². The van der Waals surface area contributed by atoms with Crippen molar-refractivity contribution in [2.24, 2.45) is 0 Å². The van der Waals surface area contributed by atoms with Gasteiger partial charge in [-0.05, 0) is 0 Å². The second kappa shape index (κ2) is 6.07. The van der Waals surface area contributed by atoms with Gasteiger partial charge in [0, 0.05) is 0 Å². The van der Waals surface area contributed by atoms with Crippen LogP contribution in [0.4, 0.5) is 12.9 Å². The Hall–Kier alpha value is 1.49. The Morgan fingerprint density at radius 1 is 0.833 bits per heavy atom. The summed E-state index contributed by atoms with van der Waals surface area (Å²) in [6.07, 6.45) is 4.27. The normalized spacial score (nSPS) is 21.2. The second-order valence-corrected chi connectivity index (χ2v) is 3.38. The van der Waals surface area contributed by atoms with Crippen LogP contribution in [0.1, 0.15) is 38.5 Å². The summed E-state index contributed by atoms with van der Waals surface area (Å²) in [5, 5.41) is 0. The third-order valence-corrected chi connectivity index (χ3v) is 2.43. The summed E-state index contributed by atoms with van der Waals surface area (Å²) in [5.74, 6) is -0.947. The predicted molar refractivity (Wildman–Crippen MR) is 40.5 cm³/mol. The van der Waals surface area contributed by atoms with Gasteiger partial charge in [-0.15, -0.1) is 0 Å². The molecule has 0 nitrogen and oxygen atoms in total. The van der Waals surface area contributed by atoms with Gasteiger partial charge in [0.15, 0.2) is 0 Å². The third kappa shape index (κ3) is 4.65. The second-order valence-electron chi connectivity index (χ2n) is 3.38. The molecular weight excluding hydrogens is 191 g/mol. The van der Waals surface area contributed by atoms with E-state index in [1.54, 1.807) is 0 Å². The van der Waals surface area contributed by atoms with Crippen LogP contribution in [-0.4, -0.2) is 6.98 Å². The molecule has 0 spiro atoms. The van der Waals surface area contributed by atoms with Crippen molar-refractivity contribution in [1.29, 1.82) is 0 Å². The zero-order valence-corrected chi connectivity index (χ0v) is 10.7. The molecule has 0 unspecified atom stereocenters. The van der Waals surface area contributed by atoms with Gasteiger partial charge in [-0.2, -0.15) is 0 Å². The van der Waals surface area contributed by atoms with Crippen molar-refractivity contribution in [3.63, 3.8) is 0 Å². The Balaban J connectivity index is 0.00000121. The smallest absolute Gasteiger partial charge is 0.449 e. The van der Waals surface area contributed by atoms with Crippen LogP contribution < -0.4 is 51.4 Å². The molecule has 0 aliphatic heterocycles. The van der Waals surface area contributed by atoms with Crippen molar-refractivity contribution in [3.8, 4) is 0 Å². The van der Waals surface area contributed by atoms with E-state index in [4.69, 9.17) is 0 Å². The van der Waals surface area contributed by atoms with E-state index in [0.29, 0.717) is 12.8 Å². The van der Waals surface area contributed by atoms with Crippen molar-refractivity contribution in [2.75, 3.05) is 0 Å². The molecule has 5 heteroatoms. The summed E-state index contributed by atoms with van der Waals surface area (Å²) < 4.78 is 36.6. The fourth-order valence-corrected chi connectivity index (χ4v) is 1.69. The minimum atomic E-state index is -4.55. The van der Waals surface area contributed by atoms with Gasteiger partial charge < -0.3 is 12.9 Å². The Morgan fingerprint density at radius 3 is 1.58 bits per heavy atom. The van der Waals surface area contributed by atoms with E-state index in [0.717, 1.165) is 25.7 Å². The van der Waals surface area contributed by atoms with Crippen LogP contribution in [0.25, 0.3) is 0 Å². The molecule has 0 aromatic rings. The molecule has 1 saturated carbocycles. The van der Waals surface area contributed by atoms with E-state index < -0.39 is 12.8 Å². The fraction of sp³-hybridized carbons (Fsp3) is 1.00. The summed E-state index contributed by atoms with van der Waals surface area (Å²) >= 11 is 0. The molecule has 1 aliphatic carbocycles. The van der Waals surface area contributed by atoms with E-state index in [9.17, 15) is 12.9 Å². The molecule has 0 atom stereocenters. The molecule has 0 bridgehead atoms. The number of rotatable bonds is 1. The third-order valence-electron chi connectivity index (χ3n) is 2.43. The van der Waals surface area contributed by atoms with E-state index in [1.165, 1.54) is 0 Å². The van der Waals surface area contributed by atoms with Gasteiger partial charge in [0.25, 0.3) is 0 Å². The van der Waals surface area contributed by atoms with E-state index in [-0.39, 0.29) is 51.4 Å². The van der Waals surface area contributed by atoms with Crippen molar-refractivity contribution < 1.29 is 64.3 Å². The minimum Gasteiger partial charge on any atom is -0.449 e. The summed E-state index contributed by atoms with van der Waals surface area (Å²) in [7, 11) is 0. The van der Waals surface area contributed by atoms with Crippen LogP contribution in [-0.2, 0) is 0 Å². The molecule has 1 fully saturated rings. The minimum absolute atomic E-state index is 0. The molecule has 0 saturated heterocycles. The Kier molecular flexibility index (Phi) is 6.82. The van der Waals surface area contributed by atoms with Crippen LogP contribution >= 0.6 is 0 Å². The number of hydrogen-bond donors (Lipinski definition) is 0. The maximum absolute atomic E-state index is 12.2. The quantitative estimate of drug-likeness (QED) is 0.432. The zero-order chi connectivity index (χ0) is 8.32. The topological polar surface area (TPSA) is 0 Å². The first-order chi connectivity index (χ1) is 5.11. The monoisotopic (exact) mass is 204 g/mol. The van der Waals surface area contributed by atoms with Gasteiger partial charge in [0.2, 0.25) is 0 Å². The molecule has 0 aromatic heterocycles. The maximum atomic E-state index is 12.2. The Labute approximate surface area is 114 Å². The van der Waals surface area contributed by atoms with Gasteiger partial charge in [-0.3, -0.25) is 0 Å². The molecule has 0 N–H and O–H groups in total. The van der Waals surface area contributed by atoms with Crippen LogP contribution in [0.3, 0.4) is 0 Å². The van der Waals surface area contributed by atoms with Crippen LogP contribution in [0.2, 0.25) is 5.82 Å². The molecule has 12 heavy (non-hydrogen) atoms. The SMILES string of the molecule is F[B-](F)(F)C1CCCCCC1.[K+]. The van der Waals surface area contributed by atoms with Crippen molar-refractivity contribution >= 4 is 6.98 Å². The van der Waals surface area contributed by atoms with Crippen molar-refractivity contribution in [2.45, 2.75) is 44.3 Å². The molecule has 0 heterocycles. The van der Waals surface area contributed by atoms with Crippen LogP contribution in [0.5, 0.6) is 0 Å². The summed E-state index contributed by atoms with van der Waals surface area (Å²) in [4.78, 5) is 0. The zero-order valence-electron chi connectivity index (χ0n) is 7.53. The van der Waals surface area contributed by atoms with Gasteiger partial charge in [-0.1, -0.05) is 44.3 Å². The summed E-state index contributed by atoms with van der Waals surface area (Å²) in [5.41, 5.74) is 0. The Bertz CT molecular complexity index is 118. The van der Waals surface area contributed by atoms with Gasteiger partial charge >= 0.3 is 58.4 Å². The molecule has 0 radical (unpaired) electrons.